The molecular formula is C27H24F4N4O3S. The molecule has 1 N–H and O–H groups in total. The van der Waals surface area contributed by atoms with Crippen LogP contribution < -0.4 is 9.46 Å². The number of halogens is 4. The van der Waals surface area contributed by atoms with E-state index in [1.807, 2.05) is 0 Å². The first-order valence-electron chi connectivity index (χ1n) is 11.4. The molecule has 4 aromatic rings. The van der Waals surface area contributed by atoms with Gasteiger partial charge in [0.15, 0.2) is 5.82 Å². The van der Waals surface area contributed by atoms with Crippen molar-refractivity contribution in [3.8, 4) is 16.9 Å². The number of aromatic nitrogens is 3. The molecule has 0 radical (unpaired) electrons. The Bertz CT molecular complexity index is 1590. The summed E-state index contributed by atoms with van der Waals surface area (Å²) in [6, 6.07) is 11.3. The van der Waals surface area contributed by atoms with Gasteiger partial charge in [0.05, 0.1) is 29.5 Å². The summed E-state index contributed by atoms with van der Waals surface area (Å²) in [7, 11) is -4.13. The van der Waals surface area contributed by atoms with Gasteiger partial charge >= 0.3 is 6.18 Å². The van der Waals surface area contributed by atoms with Gasteiger partial charge in [-0.25, -0.2) is 27.5 Å². The molecule has 204 valence electrons. The third-order valence-electron chi connectivity index (χ3n) is 6.16. The number of rotatable bonds is 5. The Balaban J connectivity index is 0.00000353. The molecule has 0 spiro atoms. The Hall–Kier alpha value is -4.06. The first-order valence-corrected chi connectivity index (χ1v) is 12.9. The second kappa shape index (κ2) is 10.6. The zero-order chi connectivity index (χ0) is 27.1. The normalized spacial score (nSPS) is 15.1. The molecule has 0 saturated carbocycles. The van der Waals surface area contributed by atoms with Gasteiger partial charge in [0.2, 0.25) is 5.95 Å². The van der Waals surface area contributed by atoms with Gasteiger partial charge in [-0.3, -0.25) is 4.98 Å². The lowest BCUT2D eigenvalue weighted by atomic mass is 9.82. The Morgan fingerprint density at radius 1 is 0.949 bits per heavy atom. The van der Waals surface area contributed by atoms with E-state index in [1.165, 1.54) is 24.4 Å². The summed E-state index contributed by atoms with van der Waals surface area (Å²) >= 11 is 0. The number of alkyl halides is 3. The quantitative estimate of drug-likeness (QED) is 0.286. The van der Waals surface area contributed by atoms with Crippen molar-refractivity contribution >= 4 is 16.0 Å². The topological polar surface area (TPSA) is 94.1 Å². The summed E-state index contributed by atoms with van der Waals surface area (Å²) < 4.78 is 87.4. The maximum Gasteiger partial charge on any atom is 0.416 e. The van der Waals surface area contributed by atoms with E-state index in [0.717, 1.165) is 30.2 Å². The molecule has 5 rings (SSSR count). The maximum atomic E-state index is 13.6. The summed E-state index contributed by atoms with van der Waals surface area (Å²) in [6.07, 6.45) is -0.859. The number of nitrogens with zero attached hydrogens (tertiary/aromatic N) is 3. The molecule has 0 bridgehead atoms. The van der Waals surface area contributed by atoms with Gasteiger partial charge in [0.25, 0.3) is 10.0 Å². The Morgan fingerprint density at radius 2 is 1.67 bits per heavy atom. The third kappa shape index (κ3) is 5.85. The zero-order valence-electron chi connectivity index (χ0n) is 19.8. The predicted molar refractivity (Wildman–Crippen MR) is 137 cm³/mol. The molecule has 0 unspecified atom stereocenters. The maximum absolute atomic E-state index is 13.6. The van der Waals surface area contributed by atoms with E-state index in [2.05, 4.69) is 19.7 Å². The van der Waals surface area contributed by atoms with E-state index in [4.69, 9.17) is 4.74 Å². The molecule has 7 nitrogen and oxygen atoms in total. The van der Waals surface area contributed by atoms with E-state index in [9.17, 15) is 26.0 Å². The summed E-state index contributed by atoms with van der Waals surface area (Å²) in [5.74, 6) is -1.09. The fourth-order valence-electron chi connectivity index (χ4n) is 4.32. The number of aryl methyl sites for hydroxylation is 1. The van der Waals surface area contributed by atoms with Crippen LogP contribution in [0.15, 0.2) is 72.0 Å². The van der Waals surface area contributed by atoms with Gasteiger partial charge in [-0.2, -0.15) is 13.2 Å². The third-order valence-corrected chi connectivity index (χ3v) is 7.49. The fraction of sp³-hybridized carbons (Fsp3) is 0.222. The van der Waals surface area contributed by atoms with Crippen molar-refractivity contribution in [2.75, 3.05) is 11.3 Å². The molecule has 1 aliphatic heterocycles. The fourth-order valence-corrected chi connectivity index (χ4v) is 5.29. The smallest absolute Gasteiger partial charge is 0.416 e. The Kier molecular flexibility index (Phi) is 7.60. The van der Waals surface area contributed by atoms with Crippen LogP contribution >= 0.6 is 0 Å². The average Bonchev–Trinajstić information content (AvgIpc) is 2.89. The highest BCUT2D eigenvalue weighted by Crippen LogP contribution is 2.44. The molecule has 1 aliphatic rings. The number of hydrogen-bond donors (Lipinski definition) is 1. The SMILES string of the molecule is C.Cc1ccc(-c2cc(C(F)(F)F)ccc2[C@H]2CCOc3cc(S(=O)(=O)Nc4ncc(F)cn4)ccc32)cn1. The summed E-state index contributed by atoms with van der Waals surface area (Å²) in [5.41, 5.74) is 2.15. The zero-order valence-corrected chi connectivity index (χ0v) is 20.6. The van der Waals surface area contributed by atoms with Crippen LogP contribution in [0.3, 0.4) is 0 Å². The van der Waals surface area contributed by atoms with Crippen molar-refractivity contribution < 1.29 is 30.7 Å². The minimum atomic E-state index is -4.52. The average molecular weight is 561 g/mol. The molecule has 3 heterocycles. The molecular weight excluding hydrogens is 536 g/mol. The van der Waals surface area contributed by atoms with E-state index >= 15 is 0 Å². The number of fused-ring (bicyclic) bond motifs is 1. The minimum absolute atomic E-state index is 0. The van der Waals surface area contributed by atoms with Gasteiger partial charge in [0, 0.05) is 35.0 Å². The van der Waals surface area contributed by atoms with Gasteiger partial charge in [-0.1, -0.05) is 25.6 Å². The lowest BCUT2D eigenvalue weighted by molar-refractivity contribution is -0.137. The molecule has 0 fully saturated rings. The van der Waals surface area contributed by atoms with Crippen molar-refractivity contribution in [2.24, 2.45) is 0 Å². The minimum Gasteiger partial charge on any atom is -0.493 e. The summed E-state index contributed by atoms with van der Waals surface area (Å²) in [6.45, 7) is 2.01. The van der Waals surface area contributed by atoms with Crippen molar-refractivity contribution in [2.45, 2.75) is 37.8 Å². The number of hydrogen-bond acceptors (Lipinski definition) is 6. The van der Waals surface area contributed by atoms with Gasteiger partial charge in [0.1, 0.15) is 5.75 Å². The molecule has 0 amide bonds. The lowest BCUT2D eigenvalue weighted by Gasteiger charge is -2.29. The number of pyridine rings is 1. The summed E-state index contributed by atoms with van der Waals surface area (Å²) in [4.78, 5) is 11.3. The van der Waals surface area contributed by atoms with Crippen LogP contribution in [0.1, 0.15) is 42.1 Å². The van der Waals surface area contributed by atoms with E-state index in [-0.39, 0.29) is 36.5 Å². The second-order valence-corrected chi connectivity index (χ2v) is 10.4. The molecule has 2 aromatic heterocycles. The van der Waals surface area contributed by atoms with Crippen LogP contribution in [0.25, 0.3) is 11.1 Å². The molecule has 39 heavy (non-hydrogen) atoms. The number of nitrogens with one attached hydrogen (secondary N) is 1. The molecule has 1 atom stereocenters. The largest absolute Gasteiger partial charge is 0.493 e. The van der Waals surface area contributed by atoms with E-state index < -0.39 is 27.6 Å². The first-order chi connectivity index (χ1) is 18.0. The molecule has 2 aromatic carbocycles. The standard InChI is InChI=1S/C26H20F4N4O3S.CH4/c1-15-2-3-16(12-31-15)23-10-17(26(28,29)30)4-6-20(23)21-8-9-37-24-11-19(5-7-22(21)24)38(35,36)34-25-32-13-18(27)14-33-25;/h2-7,10-14,21H,8-9H2,1H3,(H,32,33,34);1H4/t21-;/m1./s1. The summed E-state index contributed by atoms with van der Waals surface area (Å²) in [5, 5.41) is 0. The number of sulfonamides is 1. The highest BCUT2D eigenvalue weighted by Gasteiger charge is 2.33. The van der Waals surface area contributed by atoms with Crippen LogP contribution in [0, 0.1) is 12.7 Å². The molecule has 0 saturated heterocycles. The highest BCUT2D eigenvalue weighted by atomic mass is 32.2. The van der Waals surface area contributed by atoms with Gasteiger partial charge in [-0.15, -0.1) is 0 Å². The first kappa shape index (κ1) is 28.0. The van der Waals surface area contributed by atoms with E-state index in [0.29, 0.717) is 28.7 Å². The highest BCUT2D eigenvalue weighted by molar-refractivity contribution is 7.92. The second-order valence-electron chi connectivity index (χ2n) is 8.71. The van der Waals surface area contributed by atoms with Crippen LogP contribution in [-0.4, -0.2) is 30.0 Å². The van der Waals surface area contributed by atoms with Crippen LogP contribution in [0.4, 0.5) is 23.5 Å². The van der Waals surface area contributed by atoms with Crippen LogP contribution in [0.5, 0.6) is 5.75 Å². The van der Waals surface area contributed by atoms with Crippen molar-refractivity contribution in [3.63, 3.8) is 0 Å². The predicted octanol–water partition coefficient (Wildman–Crippen LogP) is 6.36. The van der Waals surface area contributed by atoms with Crippen molar-refractivity contribution in [1.82, 2.24) is 15.0 Å². The van der Waals surface area contributed by atoms with Gasteiger partial charge in [-0.05, 0) is 48.7 Å². The Morgan fingerprint density at radius 3 is 2.33 bits per heavy atom. The molecule has 0 aliphatic carbocycles. The Labute approximate surface area is 223 Å². The van der Waals surface area contributed by atoms with Crippen molar-refractivity contribution in [3.05, 3.63) is 95.3 Å². The lowest BCUT2D eigenvalue weighted by Crippen LogP contribution is -2.19. The number of ether oxygens (including phenoxy) is 1. The van der Waals surface area contributed by atoms with Crippen molar-refractivity contribution in [1.29, 1.82) is 0 Å². The van der Waals surface area contributed by atoms with Crippen LogP contribution in [0.2, 0.25) is 0 Å². The van der Waals surface area contributed by atoms with E-state index in [1.54, 1.807) is 25.1 Å². The number of anilines is 1. The van der Waals surface area contributed by atoms with Gasteiger partial charge < -0.3 is 4.74 Å². The number of benzene rings is 2. The van der Waals surface area contributed by atoms with Crippen LogP contribution in [-0.2, 0) is 16.2 Å². The monoisotopic (exact) mass is 560 g/mol. The molecule has 12 heteroatoms.